The Balaban J connectivity index is 1.25. The quantitative estimate of drug-likeness (QED) is 0.499. The van der Waals surface area contributed by atoms with E-state index in [2.05, 4.69) is 63.4 Å². The molecular weight excluding hydrogens is 420 g/mol. The Labute approximate surface area is 194 Å². The van der Waals surface area contributed by atoms with Crippen LogP contribution in [0.4, 0.5) is 10.8 Å². The summed E-state index contributed by atoms with van der Waals surface area (Å²) in [7, 11) is 0. The topological polar surface area (TPSA) is 66.3 Å². The second-order valence-electron chi connectivity index (χ2n) is 8.31. The van der Waals surface area contributed by atoms with Gasteiger partial charge < -0.3 is 15.1 Å². The molecule has 0 spiro atoms. The average Bonchev–Trinajstić information content (AvgIpc) is 3.51. The van der Waals surface area contributed by atoms with E-state index in [0.717, 1.165) is 49.2 Å². The molecule has 1 aromatic carbocycles. The van der Waals surface area contributed by atoms with Gasteiger partial charge in [-0.15, -0.1) is 10.2 Å². The summed E-state index contributed by atoms with van der Waals surface area (Å²) in [6, 6.07) is 12.5. The number of aromatic nitrogens is 3. The first kappa shape index (κ1) is 22.3. The monoisotopic (exact) mass is 452 g/mol. The van der Waals surface area contributed by atoms with E-state index in [1.165, 1.54) is 11.3 Å². The second kappa shape index (κ2) is 10.6. The molecule has 3 aromatic rings. The van der Waals surface area contributed by atoms with E-state index < -0.39 is 0 Å². The first-order valence-electron chi connectivity index (χ1n) is 11.4. The molecule has 32 heavy (non-hydrogen) atoms. The van der Waals surface area contributed by atoms with Crippen LogP contribution in [0.15, 0.2) is 48.8 Å². The normalized spacial score (nSPS) is 16.2. The van der Waals surface area contributed by atoms with Crippen LogP contribution in [0.3, 0.4) is 0 Å². The summed E-state index contributed by atoms with van der Waals surface area (Å²) in [6.07, 6.45) is 6.79. The highest BCUT2D eigenvalue weighted by Crippen LogP contribution is 2.28. The van der Waals surface area contributed by atoms with E-state index in [0.29, 0.717) is 13.1 Å². The Bertz CT molecular complexity index is 1000. The number of nitrogens with zero attached hydrogens (tertiary/aromatic N) is 5. The molecule has 1 N–H and O–H groups in total. The zero-order valence-corrected chi connectivity index (χ0v) is 19.7. The summed E-state index contributed by atoms with van der Waals surface area (Å²) in [5.41, 5.74) is 2.52. The lowest BCUT2D eigenvalue weighted by atomic mass is 9.97. The van der Waals surface area contributed by atoms with Crippen molar-refractivity contribution in [2.75, 3.05) is 42.5 Å². The minimum absolute atomic E-state index is 0.00160. The van der Waals surface area contributed by atoms with Crippen LogP contribution in [0.2, 0.25) is 0 Å². The zero-order chi connectivity index (χ0) is 22.3. The molecule has 8 heteroatoms. The predicted molar refractivity (Wildman–Crippen MR) is 131 cm³/mol. The van der Waals surface area contributed by atoms with Gasteiger partial charge in [-0.1, -0.05) is 23.5 Å². The summed E-state index contributed by atoms with van der Waals surface area (Å²) >= 11 is 1.57. The molecule has 1 fully saturated rings. The molecule has 1 atom stereocenters. The molecule has 0 unspecified atom stereocenters. The van der Waals surface area contributed by atoms with Crippen LogP contribution < -0.4 is 15.1 Å². The van der Waals surface area contributed by atoms with Gasteiger partial charge in [-0.05, 0) is 62.9 Å². The van der Waals surface area contributed by atoms with Gasteiger partial charge >= 0.3 is 0 Å². The van der Waals surface area contributed by atoms with Crippen molar-refractivity contribution in [3.8, 4) is 5.13 Å². The lowest BCUT2D eigenvalue weighted by Crippen LogP contribution is -2.43. The summed E-state index contributed by atoms with van der Waals surface area (Å²) in [6.45, 7) is 8.52. The molecule has 2 aromatic heterocycles. The Kier molecular flexibility index (Phi) is 7.42. The van der Waals surface area contributed by atoms with Crippen molar-refractivity contribution >= 4 is 28.1 Å². The Morgan fingerprint density at radius 1 is 1.22 bits per heavy atom. The standard InChI is InChI=1S/C24H32N6OS/c1-3-28(21-11-6-9-19(2)17-21)16-8-12-25-22(31)20-10-7-15-30(18-20)24-27-26-23(32-24)29-13-4-5-14-29/h4-6,9,11,13-14,17,20H,3,7-8,10,12,15-16,18H2,1-2H3,(H,25,31)/t20-/m1/s1. The molecule has 1 saturated heterocycles. The maximum Gasteiger partial charge on any atom is 0.224 e. The van der Waals surface area contributed by atoms with Crippen molar-refractivity contribution in [2.45, 2.75) is 33.1 Å². The number of benzene rings is 1. The van der Waals surface area contributed by atoms with Gasteiger partial charge in [-0.25, -0.2) is 0 Å². The van der Waals surface area contributed by atoms with Crippen LogP contribution in [-0.2, 0) is 4.79 Å². The van der Waals surface area contributed by atoms with E-state index in [9.17, 15) is 4.79 Å². The van der Waals surface area contributed by atoms with Gasteiger partial charge in [0, 0.05) is 50.8 Å². The lowest BCUT2D eigenvalue weighted by molar-refractivity contribution is -0.125. The molecular formula is C24H32N6OS. The van der Waals surface area contributed by atoms with Crippen molar-refractivity contribution in [1.29, 1.82) is 0 Å². The van der Waals surface area contributed by atoms with Crippen LogP contribution in [0.1, 0.15) is 31.7 Å². The number of nitrogens with one attached hydrogen (secondary N) is 1. The van der Waals surface area contributed by atoms with Crippen molar-refractivity contribution in [3.05, 3.63) is 54.4 Å². The molecule has 1 aliphatic heterocycles. The zero-order valence-electron chi connectivity index (χ0n) is 18.9. The minimum Gasteiger partial charge on any atom is -0.372 e. The largest absolute Gasteiger partial charge is 0.372 e. The fourth-order valence-corrected chi connectivity index (χ4v) is 5.04. The Morgan fingerprint density at radius 2 is 2.03 bits per heavy atom. The maximum atomic E-state index is 12.8. The molecule has 3 heterocycles. The van der Waals surface area contributed by atoms with Crippen LogP contribution in [0.25, 0.3) is 5.13 Å². The van der Waals surface area contributed by atoms with Gasteiger partial charge in [0.15, 0.2) is 0 Å². The smallest absolute Gasteiger partial charge is 0.224 e. The van der Waals surface area contributed by atoms with Crippen molar-refractivity contribution in [1.82, 2.24) is 20.1 Å². The number of rotatable bonds is 9. The number of hydrogen-bond donors (Lipinski definition) is 1. The number of hydrogen-bond acceptors (Lipinski definition) is 6. The predicted octanol–water partition coefficient (Wildman–Crippen LogP) is 3.89. The SMILES string of the molecule is CCN(CCCNC(=O)[C@@H]1CCCN(c2nnc(-n3cccc3)s2)C1)c1cccc(C)c1. The summed E-state index contributed by atoms with van der Waals surface area (Å²) in [5.74, 6) is 0.158. The van der Waals surface area contributed by atoms with E-state index in [4.69, 9.17) is 0 Å². The summed E-state index contributed by atoms with van der Waals surface area (Å²) in [5, 5.41) is 13.6. The highest BCUT2D eigenvalue weighted by Gasteiger charge is 2.27. The third-order valence-corrected chi connectivity index (χ3v) is 6.94. The number of piperidine rings is 1. The summed E-state index contributed by atoms with van der Waals surface area (Å²) < 4.78 is 1.96. The Hall–Kier alpha value is -2.87. The fraction of sp³-hybridized carbons (Fsp3) is 0.458. The highest BCUT2D eigenvalue weighted by atomic mass is 32.1. The van der Waals surface area contributed by atoms with Crippen LogP contribution in [0, 0.1) is 12.8 Å². The molecule has 170 valence electrons. The third kappa shape index (κ3) is 5.48. The number of anilines is 2. The van der Waals surface area contributed by atoms with Gasteiger partial charge in [-0.3, -0.25) is 9.36 Å². The second-order valence-corrected chi connectivity index (χ2v) is 9.24. The third-order valence-electron chi connectivity index (χ3n) is 5.94. The lowest BCUT2D eigenvalue weighted by Gasteiger charge is -2.31. The van der Waals surface area contributed by atoms with Crippen molar-refractivity contribution < 1.29 is 4.79 Å². The maximum absolute atomic E-state index is 12.8. The molecule has 0 saturated carbocycles. The fourth-order valence-electron chi connectivity index (χ4n) is 4.19. The van der Waals surface area contributed by atoms with Crippen LogP contribution in [0.5, 0.6) is 0 Å². The number of carbonyl (C=O) groups is 1. The molecule has 4 rings (SSSR count). The summed E-state index contributed by atoms with van der Waals surface area (Å²) in [4.78, 5) is 17.4. The van der Waals surface area contributed by atoms with E-state index in [-0.39, 0.29) is 11.8 Å². The number of amides is 1. The first-order valence-corrected chi connectivity index (χ1v) is 12.3. The minimum atomic E-state index is 0.00160. The number of aryl methyl sites for hydroxylation is 1. The van der Waals surface area contributed by atoms with Gasteiger partial charge in [0.05, 0.1) is 5.92 Å². The van der Waals surface area contributed by atoms with Gasteiger partial charge in [0.25, 0.3) is 0 Å². The van der Waals surface area contributed by atoms with E-state index >= 15 is 0 Å². The highest BCUT2D eigenvalue weighted by molar-refractivity contribution is 7.17. The van der Waals surface area contributed by atoms with Crippen LogP contribution in [-0.4, -0.2) is 53.4 Å². The first-order chi connectivity index (χ1) is 15.6. The van der Waals surface area contributed by atoms with Crippen LogP contribution >= 0.6 is 11.3 Å². The van der Waals surface area contributed by atoms with Crippen molar-refractivity contribution in [3.63, 3.8) is 0 Å². The molecule has 0 radical (unpaired) electrons. The van der Waals surface area contributed by atoms with Gasteiger partial charge in [0.1, 0.15) is 0 Å². The Morgan fingerprint density at radius 3 is 2.81 bits per heavy atom. The van der Waals surface area contributed by atoms with Gasteiger partial charge in [0.2, 0.25) is 16.2 Å². The van der Waals surface area contributed by atoms with E-state index in [1.807, 2.05) is 29.1 Å². The average molecular weight is 453 g/mol. The van der Waals surface area contributed by atoms with E-state index in [1.54, 1.807) is 11.3 Å². The molecule has 0 bridgehead atoms. The van der Waals surface area contributed by atoms with Crippen molar-refractivity contribution in [2.24, 2.45) is 5.92 Å². The molecule has 1 aliphatic rings. The molecule has 7 nitrogen and oxygen atoms in total. The van der Waals surface area contributed by atoms with Gasteiger partial charge in [-0.2, -0.15) is 0 Å². The molecule has 1 amide bonds. The number of carbonyl (C=O) groups excluding carboxylic acids is 1. The molecule has 0 aliphatic carbocycles.